The molecule has 0 radical (unpaired) electrons. The molecule has 118 valence electrons. The number of aliphatic imine (C=N–C) groups is 1. The zero-order valence-corrected chi connectivity index (χ0v) is 15.6. The summed E-state index contributed by atoms with van der Waals surface area (Å²) in [6, 6.07) is 0. The van der Waals surface area contributed by atoms with Crippen molar-refractivity contribution in [3.8, 4) is 0 Å². The van der Waals surface area contributed by atoms with E-state index in [-0.39, 0.29) is 42.2 Å². The molecule has 0 aromatic rings. The van der Waals surface area contributed by atoms with Crippen LogP contribution in [0.2, 0.25) is 0 Å². The van der Waals surface area contributed by atoms with E-state index in [2.05, 4.69) is 16.9 Å². The number of nitrogens with zero attached hydrogens (tertiary/aromatic N) is 2. The number of hydrogen-bond donors (Lipinski definition) is 2. The molecule has 0 unspecified atom stereocenters. The summed E-state index contributed by atoms with van der Waals surface area (Å²) in [5.41, 5.74) is 6.52. The number of nitrogens with two attached hydrogens (primary N) is 1. The minimum absolute atomic E-state index is 0. The molecule has 9 heteroatoms. The van der Waals surface area contributed by atoms with Crippen LogP contribution in [-0.4, -0.2) is 62.1 Å². The normalized spacial score (nSPS) is 17.4. The summed E-state index contributed by atoms with van der Waals surface area (Å²) >= 11 is 1.78. The second-order valence-electron chi connectivity index (χ2n) is 4.41. The first-order valence-electron chi connectivity index (χ1n) is 6.15. The van der Waals surface area contributed by atoms with Crippen molar-refractivity contribution in [1.29, 1.82) is 0 Å². The third-order valence-electron chi connectivity index (χ3n) is 2.55. The maximum Gasteiger partial charge on any atom is 0.215 e. The van der Waals surface area contributed by atoms with Gasteiger partial charge in [-0.15, -0.1) is 24.0 Å². The predicted molar refractivity (Wildman–Crippen MR) is 97.4 cm³/mol. The molecule has 0 aromatic heterocycles. The van der Waals surface area contributed by atoms with Crippen LogP contribution in [0.25, 0.3) is 0 Å². The molecule has 0 saturated carbocycles. The highest BCUT2D eigenvalue weighted by atomic mass is 127. The Morgan fingerprint density at radius 2 is 2.05 bits per heavy atom. The Labute approximate surface area is 142 Å². The van der Waals surface area contributed by atoms with Gasteiger partial charge in [-0.2, -0.15) is 11.8 Å². The summed E-state index contributed by atoms with van der Waals surface area (Å²) in [6.45, 7) is 7.51. The van der Waals surface area contributed by atoms with Crippen LogP contribution in [0, 0.1) is 0 Å². The van der Waals surface area contributed by atoms with E-state index in [4.69, 9.17) is 5.73 Å². The van der Waals surface area contributed by atoms with Gasteiger partial charge in [0.1, 0.15) is 0 Å². The molecule has 0 aromatic carbocycles. The Morgan fingerprint density at radius 3 is 2.60 bits per heavy atom. The van der Waals surface area contributed by atoms with Crippen molar-refractivity contribution in [2.45, 2.75) is 6.92 Å². The highest BCUT2D eigenvalue weighted by molar-refractivity contribution is 14.0. The lowest BCUT2D eigenvalue weighted by atomic mass is 10.4. The number of thioether (sulfide) groups is 1. The number of hydrogen-bond acceptors (Lipinski definition) is 4. The Bertz CT molecular complexity index is 434. The van der Waals surface area contributed by atoms with Gasteiger partial charge in [0.05, 0.1) is 12.3 Å². The zero-order chi connectivity index (χ0) is 14.3. The average Bonchev–Trinajstić information content (AvgIpc) is 2.37. The molecule has 0 amide bonds. The van der Waals surface area contributed by atoms with E-state index in [0.29, 0.717) is 19.6 Å². The number of rotatable bonds is 6. The third-order valence-corrected chi connectivity index (χ3v) is 5.36. The van der Waals surface area contributed by atoms with Crippen molar-refractivity contribution in [2.24, 2.45) is 10.7 Å². The summed E-state index contributed by atoms with van der Waals surface area (Å²) in [5.74, 6) is 2.04. The van der Waals surface area contributed by atoms with E-state index in [1.165, 1.54) is 0 Å². The monoisotopic (exact) mass is 434 g/mol. The van der Waals surface area contributed by atoms with Crippen LogP contribution in [0.1, 0.15) is 6.92 Å². The van der Waals surface area contributed by atoms with Crippen LogP contribution in [0.3, 0.4) is 0 Å². The first kappa shape index (κ1) is 20.0. The fraction of sp³-hybridized carbons (Fsp3) is 0.727. The first-order valence-corrected chi connectivity index (χ1v) is 8.92. The molecule has 6 nitrogen and oxygen atoms in total. The Hall–Kier alpha value is -0.000000000000000111. The fourth-order valence-electron chi connectivity index (χ4n) is 1.54. The van der Waals surface area contributed by atoms with E-state index >= 15 is 0 Å². The van der Waals surface area contributed by atoms with Crippen LogP contribution in [-0.2, 0) is 10.0 Å². The minimum Gasteiger partial charge on any atom is -0.370 e. The molecule has 1 aliphatic rings. The molecule has 1 saturated heterocycles. The Balaban J connectivity index is 0.00000361. The zero-order valence-electron chi connectivity index (χ0n) is 11.7. The van der Waals surface area contributed by atoms with Crippen LogP contribution >= 0.6 is 35.7 Å². The highest BCUT2D eigenvalue weighted by Crippen LogP contribution is 2.12. The number of sulfonamides is 1. The van der Waals surface area contributed by atoms with Crippen molar-refractivity contribution < 1.29 is 8.42 Å². The average molecular weight is 434 g/mol. The second-order valence-corrected chi connectivity index (χ2v) is 7.73. The van der Waals surface area contributed by atoms with Gasteiger partial charge >= 0.3 is 0 Å². The van der Waals surface area contributed by atoms with Gasteiger partial charge in [0.15, 0.2) is 5.96 Å². The van der Waals surface area contributed by atoms with Crippen molar-refractivity contribution in [3.05, 3.63) is 12.2 Å². The predicted octanol–water partition coefficient (Wildman–Crippen LogP) is 0.463. The van der Waals surface area contributed by atoms with Crippen molar-refractivity contribution >= 4 is 51.7 Å². The largest absolute Gasteiger partial charge is 0.370 e. The van der Waals surface area contributed by atoms with Crippen LogP contribution in [0.4, 0.5) is 0 Å². The summed E-state index contributed by atoms with van der Waals surface area (Å²) in [6.07, 6.45) is 0. The van der Waals surface area contributed by atoms with E-state index in [1.54, 1.807) is 16.1 Å². The van der Waals surface area contributed by atoms with Gasteiger partial charge in [0, 0.05) is 31.1 Å². The van der Waals surface area contributed by atoms with Gasteiger partial charge in [-0.3, -0.25) is 0 Å². The van der Waals surface area contributed by atoms with Crippen molar-refractivity contribution in [2.75, 3.05) is 43.4 Å². The molecule has 1 heterocycles. The molecule has 0 atom stereocenters. The third kappa shape index (κ3) is 7.70. The van der Waals surface area contributed by atoms with E-state index < -0.39 is 10.0 Å². The Kier molecular flexibility index (Phi) is 9.85. The maximum absolute atomic E-state index is 12.0. The van der Waals surface area contributed by atoms with Crippen LogP contribution < -0.4 is 11.1 Å². The van der Waals surface area contributed by atoms with Gasteiger partial charge in [0.2, 0.25) is 10.0 Å². The molecule has 0 aliphatic carbocycles. The van der Waals surface area contributed by atoms with Crippen LogP contribution in [0.15, 0.2) is 17.1 Å². The minimum atomic E-state index is -3.18. The quantitative estimate of drug-likeness (QED) is 0.275. The highest BCUT2D eigenvalue weighted by Gasteiger charge is 2.23. The molecular formula is C11H23IN4O2S2. The van der Waals surface area contributed by atoms with Crippen molar-refractivity contribution in [1.82, 2.24) is 9.62 Å². The molecule has 20 heavy (non-hydrogen) atoms. The molecule has 0 bridgehead atoms. The second kappa shape index (κ2) is 9.85. The summed E-state index contributed by atoms with van der Waals surface area (Å²) < 4.78 is 25.6. The number of nitrogens with one attached hydrogen (secondary N) is 1. The van der Waals surface area contributed by atoms with Crippen LogP contribution in [0.5, 0.6) is 0 Å². The van der Waals surface area contributed by atoms with E-state index in [1.807, 2.05) is 6.92 Å². The number of guanidine groups is 1. The van der Waals surface area contributed by atoms with Gasteiger partial charge in [-0.1, -0.05) is 12.2 Å². The summed E-state index contributed by atoms with van der Waals surface area (Å²) in [4.78, 5) is 4.03. The Morgan fingerprint density at radius 1 is 1.45 bits per heavy atom. The summed E-state index contributed by atoms with van der Waals surface area (Å²) in [7, 11) is -3.18. The topological polar surface area (TPSA) is 87.8 Å². The van der Waals surface area contributed by atoms with Gasteiger partial charge < -0.3 is 11.1 Å². The lowest BCUT2D eigenvalue weighted by Gasteiger charge is -2.25. The lowest BCUT2D eigenvalue weighted by Crippen LogP contribution is -2.43. The molecular weight excluding hydrogens is 411 g/mol. The molecule has 1 rings (SSSR count). The number of halogens is 1. The first-order chi connectivity index (χ1) is 8.92. The van der Waals surface area contributed by atoms with Crippen molar-refractivity contribution in [3.63, 3.8) is 0 Å². The van der Waals surface area contributed by atoms with Gasteiger partial charge in [-0.05, 0) is 6.92 Å². The SMILES string of the molecule is C=C(C)CN=C(N)NCCS(=O)(=O)N1CCSCC1.I. The molecule has 1 fully saturated rings. The molecule has 1 aliphatic heterocycles. The molecule has 0 spiro atoms. The smallest absolute Gasteiger partial charge is 0.215 e. The maximum atomic E-state index is 12.0. The van der Waals surface area contributed by atoms with E-state index in [9.17, 15) is 8.42 Å². The molecule has 3 N–H and O–H groups in total. The van der Waals surface area contributed by atoms with E-state index in [0.717, 1.165) is 17.1 Å². The lowest BCUT2D eigenvalue weighted by molar-refractivity contribution is 0.443. The standard InChI is InChI=1S/C11H22N4O2S2.HI/c1-10(2)9-14-11(12)13-3-8-19(16,17)15-4-6-18-7-5-15;/h1,3-9H2,2H3,(H3,12,13,14);1H. The summed E-state index contributed by atoms with van der Waals surface area (Å²) in [5, 5.41) is 2.81. The van der Waals surface area contributed by atoms with Gasteiger partial charge in [0.25, 0.3) is 0 Å². The van der Waals surface area contributed by atoms with Gasteiger partial charge in [-0.25, -0.2) is 17.7 Å². The fourth-order valence-corrected chi connectivity index (χ4v) is 4.03.